The van der Waals surface area contributed by atoms with Crippen molar-refractivity contribution < 1.29 is 4.42 Å². The van der Waals surface area contributed by atoms with Crippen molar-refractivity contribution in [1.82, 2.24) is 0 Å². The molecular formula is C52H36N2O. The predicted octanol–water partition coefficient (Wildman–Crippen LogP) is 15.0. The van der Waals surface area contributed by atoms with E-state index < -0.39 is 0 Å². The standard InChI is InChI=1S/C52H36N2O/c1-5-18-37(19-6-1)40-23-17-28-43(36-40)53(41-24-9-3-10-25-41)49-35-34-48(50-46-33-32-39-22-13-14-30-45(39)51(46)55-52(49)50)54(42-26-11-4-12-27-42)47-31-16-15-29-44(47)38-20-7-2-8-21-38/h1-36H. The van der Waals surface area contributed by atoms with Gasteiger partial charge in [0, 0.05) is 33.4 Å². The minimum Gasteiger partial charge on any atom is -0.453 e. The molecule has 0 spiro atoms. The molecule has 0 atom stereocenters. The van der Waals surface area contributed by atoms with Crippen LogP contribution in [0.15, 0.2) is 223 Å². The number of para-hydroxylation sites is 3. The van der Waals surface area contributed by atoms with Gasteiger partial charge in [-0.3, -0.25) is 0 Å². The fourth-order valence-electron chi connectivity index (χ4n) is 7.91. The van der Waals surface area contributed by atoms with Gasteiger partial charge in [-0.15, -0.1) is 0 Å². The fraction of sp³-hybridized carbons (Fsp3) is 0. The summed E-state index contributed by atoms with van der Waals surface area (Å²) in [6, 6.07) is 77.3. The SMILES string of the molecule is c1ccc(-c2cccc(N(c3ccccc3)c3ccc(N(c4ccccc4)c4ccccc4-c4ccccc4)c4c3oc3c5ccccc5ccc34)c2)cc1. The second-order valence-corrected chi connectivity index (χ2v) is 13.7. The van der Waals surface area contributed by atoms with Crippen molar-refractivity contribution in [2.24, 2.45) is 0 Å². The van der Waals surface area contributed by atoms with E-state index in [4.69, 9.17) is 4.42 Å². The van der Waals surface area contributed by atoms with Crippen LogP contribution in [0.4, 0.5) is 34.1 Å². The highest BCUT2D eigenvalue weighted by Gasteiger charge is 2.27. The van der Waals surface area contributed by atoms with Gasteiger partial charge in [0.15, 0.2) is 5.58 Å². The molecular weight excluding hydrogens is 669 g/mol. The van der Waals surface area contributed by atoms with E-state index in [2.05, 4.69) is 228 Å². The Morgan fingerprint density at radius 3 is 1.62 bits per heavy atom. The summed E-state index contributed by atoms with van der Waals surface area (Å²) in [4.78, 5) is 4.72. The molecule has 3 heteroatoms. The van der Waals surface area contributed by atoms with Crippen molar-refractivity contribution in [2.45, 2.75) is 0 Å². The highest BCUT2D eigenvalue weighted by atomic mass is 16.3. The Labute approximate surface area is 320 Å². The summed E-state index contributed by atoms with van der Waals surface area (Å²) in [5.41, 5.74) is 12.5. The number of benzene rings is 9. The molecule has 0 fully saturated rings. The monoisotopic (exact) mass is 704 g/mol. The van der Waals surface area contributed by atoms with Crippen LogP contribution in [-0.2, 0) is 0 Å². The molecule has 10 rings (SSSR count). The molecule has 0 unspecified atom stereocenters. The first kappa shape index (κ1) is 32.3. The van der Waals surface area contributed by atoms with Gasteiger partial charge in [-0.2, -0.15) is 0 Å². The number of furan rings is 1. The third-order valence-electron chi connectivity index (χ3n) is 10.4. The lowest BCUT2D eigenvalue weighted by atomic mass is 9.99. The normalized spacial score (nSPS) is 11.3. The van der Waals surface area contributed by atoms with Gasteiger partial charge in [-0.1, -0.05) is 158 Å². The van der Waals surface area contributed by atoms with E-state index in [0.717, 1.165) is 83.5 Å². The third-order valence-corrected chi connectivity index (χ3v) is 10.4. The van der Waals surface area contributed by atoms with E-state index in [0.29, 0.717) is 0 Å². The quantitative estimate of drug-likeness (QED) is 0.157. The average molecular weight is 705 g/mol. The third kappa shape index (κ3) is 5.80. The molecule has 55 heavy (non-hydrogen) atoms. The number of nitrogens with zero attached hydrogens (tertiary/aromatic N) is 2. The van der Waals surface area contributed by atoms with Gasteiger partial charge in [-0.05, 0) is 82.7 Å². The topological polar surface area (TPSA) is 19.6 Å². The molecule has 0 aliphatic carbocycles. The number of rotatable bonds is 8. The summed E-state index contributed by atoms with van der Waals surface area (Å²) < 4.78 is 7.24. The predicted molar refractivity (Wildman–Crippen MR) is 231 cm³/mol. The molecule has 9 aromatic carbocycles. The van der Waals surface area contributed by atoms with Crippen molar-refractivity contribution >= 4 is 66.8 Å². The summed E-state index contributed by atoms with van der Waals surface area (Å²) in [7, 11) is 0. The zero-order valence-corrected chi connectivity index (χ0v) is 30.1. The molecule has 0 saturated carbocycles. The van der Waals surface area contributed by atoms with Crippen LogP contribution >= 0.6 is 0 Å². The Kier molecular flexibility index (Phi) is 8.16. The van der Waals surface area contributed by atoms with Crippen LogP contribution in [0.1, 0.15) is 0 Å². The molecule has 0 N–H and O–H groups in total. The molecule has 3 nitrogen and oxygen atoms in total. The summed E-state index contributed by atoms with van der Waals surface area (Å²) in [6.45, 7) is 0. The molecule has 1 aromatic heterocycles. The van der Waals surface area contributed by atoms with Crippen LogP contribution in [0.2, 0.25) is 0 Å². The summed E-state index contributed by atoms with van der Waals surface area (Å²) >= 11 is 0. The molecule has 0 saturated heterocycles. The molecule has 10 aromatic rings. The highest BCUT2D eigenvalue weighted by molar-refractivity contribution is 6.22. The Morgan fingerprint density at radius 1 is 0.309 bits per heavy atom. The smallest absolute Gasteiger partial charge is 0.161 e. The number of fused-ring (bicyclic) bond motifs is 5. The lowest BCUT2D eigenvalue weighted by Crippen LogP contribution is -2.13. The van der Waals surface area contributed by atoms with E-state index in [9.17, 15) is 0 Å². The fourth-order valence-corrected chi connectivity index (χ4v) is 7.91. The molecule has 1 heterocycles. The van der Waals surface area contributed by atoms with Crippen LogP contribution in [-0.4, -0.2) is 0 Å². The molecule has 0 radical (unpaired) electrons. The van der Waals surface area contributed by atoms with Gasteiger partial charge in [0.2, 0.25) is 0 Å². The average Bonchev–Trinajstić information content (AvgIpc) is 3.67. The molecule has 0 aliphatic heterocycles. The Balaban J connectivity index is 1.29. The first-order chi connectivity index (χ1) is 27.3. The van der Waals surface area contributed by atoms with E-state index in [1.165, 1.54) is 5.56 Å². The van der Waals surface area contributed by atoms with Crippen LogP contribution in [0.25, 0.3) is 55.0 Å². The van der Waals surface area contributed by atoms with Gasteiger partial charge < -0.3 is 14.2 Å². The van der Waals surface area contributed by atoms with Crippen LogP contribution in [0.5, 0.6) is 0 Å². The largest absolute Gasteiger partial charge is 0.453 e. The van der Waals surface area contributed by atoms with Gasteiger partial charge in [0.1, 0.15) is 5.58 Å². The summed E-state index contributed by atoms with van der Waals surface area (Å²) in [5, 5.41) is 4.34. The van der Waals surface area contributed by atoms with E-state index >= 15 is 0 Å². The van der Waals surface area contributed by atoms with Gasteiger partial charge in [-0.25, -0.2) is 0 Å². The zero-order chi connectivity index (χ0) is 36.6. The van der Waals surface area contributed by atoms with Crippen LogP contribution in [0, 0.1) is 0 Å². The van der Waals surface area contributed by atoms with Crippen molar-refractivity contribution in [1.29, 1.82) is 0 Å². The van der Waals surface area contributed by atoms with E-state index in [1.807, 2.05) is 0 Å². The van der Waals surface area contributed by atoms with E-state index in [-0.39, 0.29) is 0 Å². The second-order valence-electron chi connectivity index (χ2n) is 13.7. The Hall–Kier alpha value is -7.36. The molecule has 0 aliphatic rings. The van der Waals surface area contributed by atoms with Crippen molar-refractivity contribution in [3.8, 4) is 22.3 Å². The second kappa shape index (κ2) is 13.9. The lowest BCUT2D eigenvalue weighted by Gasteiger charge is -2.30. The maximum atomic E-state index is 7.24. The maximum Gasteiger partial charge on any atom is 0.161 e. The van der Waals surface area contributed by atoms with Gasteiger partial charge in [0.05, 0.1) is 22.4 Å². The Morgan fingerprint density at radius 2 is 0.873 bits per heavy atom. The summed E-state index contributed by atoms with van der Waals surface area (Å²) in [6.07, 6.45) is 0. The summed E-state index contributed by atoms with van der Waals surface area (Å²) in [5.74, 6) is 0. The number of anilines is 6. The Bertz CT molecular complexity index is 2920. The lowest BCUT2D eigenvalue weighted by molar-refractivity contribution is 0.673. The minimum absolute atomic E-state index is 0.816. The number of hydrogen-bond acceptors (Lipinski definition) is 3. The van der Waals surface area contributed by atoms with Crippen molar-refractivity contribution in [3.63, 3.8) is 0 Å². The van der Waals surface area contributed by atoms with Gasteiger partial charge >= 0.3 is 0 Å². The van der Waals surface area contributed by atoms with Crippen LogP contribution < -0.4 is 9.80 Å². The number of hydrogen-bond donors (Lipinski definition) is 0. The van der Waals surface area contributed by atoms with Gasteiger partial charge in [0.25, 0.3) is 0 Å². The zero-order valence-electron chi connectivity index (χ0n) is 30.1. The maximum absolute atomic E-state index is 7.24. The minimum atomic E-state index is 0.816. The first-order valence-electron chi connectivity index (χ1n) is 18.7. The molecule has 260 valence electrons. The van der Waals surface area contributed by atoms with Crippen molar-refractivity contribution in [2.75, 3.05) is 9.80 Å². The highest BCUT2D eigenvalue weighted by Crippen LogP contribution is 2.51. The molecule has 0 amide bonds. The first-order valence-corrected chi connectivity index (χ1v) is 18.7. The van der Waals surface area contributed by atoms with Crippen LogP contribution in [0.3, 0.4) is 0 Å². The van der Waals surface area contributed by atoms with Crippen molar-refractivity contribution in [3.05, 3.63) is 218 Å². The van der Waals surface area contributed by atoms with E-state index in [1.54, 1.807) is 0 Å². The molecule has 0 bridgehead atoms.